The number of ether oxygens (including phenoxy) is 1. The van der Waals surface area contributed by atoms with E-state index in [0.717, 1.165) is 25.3 Å². The van der Waals surface area contributed by atoms with Gasteiger partial charge < -0.3 is 4.74 Å². The first-order valence-electron chi connectivity index (χ1n) is 5.60. The predicted octanol–water partition coefficient (Wildman–Crippen LogP) is 3.62. The average Bonchev–Trinajstić information content (AvgIpc) is 2.23. The van der Waals surface area contributed by atoms with Crippen LogP contribution < -0.4 is 0 Å². The molecular formula is C13H14ClFO2. The summed E-state index contributed by atoms with van der Waals surface area (Å²) in [7, 11) is 1.60. The average molecular weight is 257 g/mol. The first kappa shape index (κ1) is 12.5. The van der Waals surface area contributed by atoms with E-state index in [2.05, 4.69) is 0 Å². The molecule has 0 amide bonds. The molecule has 1 fully saturated rings. The number of carbonyl (C=O) groups excluding carboxylic acids is 1. The minimum atomic E-state index is -0.562. The van der Waals surface area contributed by atoms with E-state index in [1.54, 1.807) is 7.11 Å². The normalized spacial score (nSPS) is 17.6. The lowest BCUT2D eigenvalue weighted by molar-refractivity contribution is -0.0705. The molecule has 1 aromatic carbocycles. The third kappa shape index (κ3) is 2.50. The van der Waals surface area contributed by atoms with Crippen LogP contribution in [0, 0.1) is 5.82 Å². The Balaban J connectivity index is 2.14. The summed E-state index contributed by atoms with van der Waals surface area (Å²) in [4.78, 5) is 12.0. The maximum Gasteiger partial charge on any atom is 0.168 e. The molecule has 1 aromatic rings. The fourth-order valence-electron chi connectivity index (χ4n) is 2.13. The van der Waals surface area contributed by atoms with Crippen LogP contribution in [0.15, 0.2) is 18.2 Å². The topological polar surface area (TPSA) is 26.3 Å². The van der Waals surface area contributed by atoms with Gasteiger partial charge in [-0.25, -0.2) is 4.39 Å². The summed E-state index contributed by atoms with van der Waals surface area (Å²) in [6, 6.07) is 4.12. The van der Waals surface area contributed by atoms with Crippen molar-refractivity contribution in [2.45, 2.75) is 31.3 Å². The molecule has 0 atom stereocenters. The standard InChI is InChI=1S/C13H14ClFO2/c1-17-13(5-2-6-13)8-12(16)10-4-3-9(14)7-11(10)15/h3-4,7H,2,5-6,8H2,1H3. The van der Waals surface area contributed by atoms with Crippen LogP contribution in [0.2, 0.25) is 5.02 Å². The lowest BCUT2D eigenvalue weighted by Crippen LogP contribution is -2.41. The molecule has 4 heteroatoms. The number of carbonyl (C=O) groups is 1. The highest BCUT2D eigenvalue weighted by molar-refractivity contribution is 6.30. The van der Waals surface area contributed by atoms with E-state index in [0.29, 0.717) is 5.02 Å². The highest BCUT2D eigenvalue weighted by Crippen LogP contribution is 2.39. The van der Waals surface area contributed by atoms with Crippen LogP contribution in [0.3, 0.4) is 0 Å². The van der Waals surface area contributed by atoms with Gasteiger partial charge in [0.25, 0.3) is 0 Å². The van der Waals surface area contributed by atoms with Gasteiger partial charge in [0.15, 0.2) is 5.78 Å². The first-order valence-corrected chi connectivity index (χ1v) is 5.97. The summed E-state index contributed by atoms with van der Waals surface area (Å²) in [5, 5.41) is 0.296. The summed E-state index contributed by atoms with van der Waals surface area (Å²) < 4.78 is 18.9. The Bertz CT molecular complexity index is 436. The zero-order valence-corrected chi connectivity index (χ0v) is 10.4. The smallest absolute Gasteiger partial charge is 0.168 e. The maximum absolute atomic E-state index is 13.6. The fourth-order valence-corrected chi connectivity index (χ4v) is 2.29. The van der Waals surface area contributed by atoms with E-state index >= 15 is 0 Å². The van der Waals surface area contributed by atoms with E-state index in [1.807, 2.05) is 0 Å². The number of Topliss-reactive ketones (excluding diaryl/α,β-unsaturated/α-hetero) is 1. The Morgan fingerprint density at radius 3 is 2.71 bits per heavy atom. The maximum atomic E-state index is 13.6. The summed E-state index contributed by atoms with van der Waals surface area (Å²) in [6.45, 7) is 0. The molecule has 92 valence electrons. The molecule has 1 saturated carbocycles. The summed E-state index contributed by atoms with van der Waals surface area (Å²) in [6.07, 6.45) is 3.03. The molecule has 2 rings (SSSR count). The Morgan fingerprint density at radius 1 is 1.53 bits per heavy atom. The van der Waals surface area contributed by atoms with Crippen molar-refractivity contribution in [2.75, 3.05) is 7.11 Å². The van der Waals surface area contributed by atoms with Crippen molar-refractivity contribution in [1.82, 2.24) is 0 Å². The molecule has 0 unspecified atom stereocenters. The van der Waals surface area contributed by atoms with Gasteiger partial charge in [-0.2, -0.15) is 0 Å². The second-order valence-electron chi connectivity index (χ2n) is 4.46. The van der Waals surface area contributed by atoms with Crippen molar-refractivity contribution in [3.63, 3.8) is 0 Å². The fraction of sp³-hybridized carbons (Fsp3) is 0.462. The zero-order valence-electron chi connectivity index (χ0n) is 9.63. The lowest BCUT2D eigenvalue weighted by atomic mass is 9.76. The summed E-state index contributed by atoms with van der Waals surface area (Å²) in [5.74, 6) is -0.784. The second-order valence-corrected chi connectivity index (χ2v) is 4.90. The van der Waals surface area contributed by atoms with Gasteiger partial charge >= 0.3 is 0 Å². The van der Waals surface area contributed by atoms with Crippen molar-refractivity contribution < 1.29 is 13.9 Å². The van der Waals surface area contributed by atoms with Crippen molar-refractivity contribution in [1.29, 1.82) is 0 Å². The lowest BCUT2D eigenvalue weighted by Gasteiger charge is -2.40. The highest BCUT2D eigenvalue weighted by Gasteiger charge is 2.39. The minimum Gasteiger partial charge on any atom is -0.378 e. The summed E-state index contributed by atoms with van der Waals surface area (Å²) in [5.41, 5.74) is -0.277. The SMILES string of the molecule is COC1(CC(=O)c2ccc(Cl)cc2F)CCC1. The Morgan fingerprint density at radius 2 is 2.24 bits per heavy atom. The van der Waals surface area contributed by atoms with Crippen LogP contribution in [0.5, 0.6) is 0 Å². The molecule has 0 spiro atoms. The van der Waals surface area contributed by atoms with Gasteiger partial charge in [-0.1, -0.05) is 11.6 Å². The number of halogens is 2. The number of methoxy groups -OCH3 is 1. The monoisotopic (exact) mass is 256 g/mol. The largest absolute Gasteiger partial charge is 0.378 e. The molecule has 0 radical (unpaired) electrons. The van der Waals surface area contributed by atoms with Crippen LogP contribution in [0.1, 0.15) is 36.0 Å². The third-order valence-corrected chi connectivity index (χ3v) is 3.65. The van der Waals surface area contributed by atoms with E-state index < -0.39 is 5.82 Å². The van der Waals surface area contributed by atoms with Gasteiger partial charge in [-0.05, 0) is 37.5 Å². The van der Waals surface area contributed by atoms with Crippen molar-refractivity contribution in [3.05, 3.63) is 34.6 Å². The van der Waals surface area contributed by atoms with Crippen molar-refractivity contribution in [2.24, 2.45) is 0 Å². The Labute approximate surface area is 105 Å². The molecule has 0 bridgehead atoms. The van der Waals surface area contributed by atoms with Gasteiger partial charge in [0.05, 0.1) is 11.2 Å². The molecule has 17 heavy (non-hydrogen) atoms. The molecule has 0 heterocycles. The Hall–Kier alpha value is -0.930. The van der Waals surface area contributed by atoms with Crippen molar-refractivity contribution in [3.8, 4) is 0 Å². The quantitative estimate of drug-likeness (QED) is 0.769. The van der Waals surface area contributed by atoms with Gasteiger partial charge in [-0.15, -0.1) is 0 Å². The molecule has 0 N–H and O–H groups in total. The van der Waals surface area contributed by atoms with E-state index in [9.17, 15) is 9.18 Å². The van der Waals surface area contributed by atoms with Gasteiger partial charge in [0, 0.05) is 18.6 Å². The number of rotatable bonds is 4. The number of benzene rings is 1. The van der Waals surface area contributed by atoms with Crippen LogP contribution in [0.25, 0.3) is 0 Å². The van der Waals surface area contributed by atoms with Crippen LogP contribution in [-0.4, -0.2) is 18.5 Å². The predicted molar refractivity (Wildman–Crippen MR) is 63.9 cm³/mol. The van der Waals surface area contributed by atoms with Crippen LogP contribution in [0.4, 0.5) is 4.39 Å². The Kier molecular flexibility index (Phi) is 3.50. The second kappa shape index (κ2) is 4.75. The molecule has 1 aliphatic rings. The molecule has 1 aliphatic carbocycles. The first-order chi connectivity index (χ1) is 8.06. The summed E-state index contributed by atoms with van der Waals surface area (Å²) >= 11 is 5.64. The molecular weight excluding hydrogens is 243 g/mol. The molecule has 0 aromatic heterocycles. The zero-order chi connectivity index (χ0) is 12.5. The van der Waals surface area contributed by atoms with Gasteiger partial charge in [0.1, 0.15) is 5.82 Å². The third-order valence-electron chi connectivity index (χ3n) is 3.41. The van der Waals surface area contributed by atoms with E-state index in [4.69, 9.17) is 16.3 Å². The van der Waals surface area contributed by atoms with E-state index in [1.165, 1.54) is 12.1 Å². The molecule has 0 aliphatic heterocycles. The highest BCUT2D eigenvalue weighted by atomic mass is 35.5. The van der Waals surface area contributed by atoms with Gasteiger partial charge in [0.2, 0.25) is 0 Å². The molecule has 0 saturated heterocycles. The van der Waals surface area contributed by atoms with Gasteiger partial charge in [-0.3, -0.25) is 4.79 Å². The number of ketones is 1. The minimum absolute atomic E-state index is 0.0951. The number of hydrogen-bond donors (Lipinski definition) is 0. The molecule has 2 nitrogen and oxygen atoms in total. The van der Waals surface area contributed by atoms with Crippen LogP contribution in [-0.2, 0) is 4.74 Å². The van der Waals surface area contributed by atoms with Crippen molar-refractivity contribution >= 4 is 17.4 Å². The number of hydrogen-bond acceptors (Lipinski definition) is 2. The van der Waals surface area contributed by atoms with Crippen LogP contribution >= 0.6 is 11.6 Å². The van der Waals surface area contributed by atoms with E-state index in [-0.39, 0.29) is 23.4 Å².